The maximum Gasteiger partial charge on any atom is 0.255 e. The van der Waals surface area contributed by atoms with E-state index in [1.165, 1.54) is 19.2 Å². The lowest BCUT2D eigenvalue weighted by Crippen LogP contribution is -2.30. The van der Waals surface area contributed by atoms with Crippen LogP contribution in [0, 0.1) is 11.7 Å². The first-order chi connectivity index (χ1) is 9.41. The lowest BCUT2D eigenvalue weighted by molar-refractivity contribution is 0.0945. The van der Waals surface area contributed by atoms with Gasteiger partial charge in [-0.25, -0.2) is 12.8 Å². The molecule has 20 heavy (non-hydrogen) atoms. The van der Waals surface area contributed by atoms with E-state index >= 15 is 0 Å². The van der Waals surface area contributed by atoms with Gasteiger partial charge in [0.15, 0.2) is 9.84 Å². The molecule has 1 aliphatic heterocycles. The van der Waals surface area contributed by atoms with Gasteiger partial charge in [-0.2, -0.15) is 0 Å². The number of amides is 1. The number of sulfone groups is 1. The number of methoxy groups -OCH3 is 1. The van der Waals surface area contributed by atoms with Crippen molar-refractivity contribution >= 4 is 15.7 Å². The molecule has 0 unspecified atom stereocenters. The van der Waals surface area contributed by atoms with Crippen molar-refractivity contribution in [3.8, 4) is 5.75 Å². The molecule has 1 N–H and O–H groups in total. The average molecular weight is 301 g/mol. The van der Waals surface area contributed by atoms with E-state index in [-0.39, 0.29) is 35.3 Å². The van der Waals surface area contributed by atoms with Crippen LogP contribution in [0.3, 0.4) is 0 Å². The Labute approximate surface area is 117 Å². The van der Waals surface area contributed by atoms with Crippen molar-refractivity contribution in [1.29, 1.82) is 0 Å². The molecule has 0 aliphatic carbocycles. The first kappa shape index (κ1) is 14.8. The summed E-state index contributed by atoms with van der Waals surface area (Å²) < 4.78 is 40.8. The summed E-state index contributed by atoms with van der Waals surface area (Å²) in [6.45, 7) is 0.262. The molecule has 1 fully saturated rings. The van der Waals surface area contributed by atoms with E-state index in [0.717, 1.165) is 6.07 Å². The van der Waals surface area contributed by atoms with Crippen molar-refractivity contribution in [1.82, 2.24) is 5.32 Å². The van der Waals surface area contributed by atoms with Crippen molar-refractivity contribution in [2.24, 2.45) is 5.92 Å². The zero-order chi connectivity index (χ0) is 14.8. The number of hydrogen-bond acceptors (Lipinski definition) is 4. The maximum absolute atomic E-state index is 13.2. The molecule has 1 aromatic rings. The third kappa shape index (κ3) is 3.47. The standard InChI is InChI=1S/C13H16FNO4S/c1-19-12-3-2-10(14)6-11(12)13(16)15-7-9-4-5-20(17,18)8-9/h2-3,6,9H,4-5,7-8H2,1H3,(H,15,16)/t9-/m0/s1. The van der Waals surface area contributed by atoms with Crippen molar-refractivity contribution < 1.29 is 22.3 Å². The number of benzene rings is 1. The van der Waals surface area contributed by atoms with Crippen LogP contribution in [-0.2, 0) is 9.84 Å². The van der Waals surface area contributed by atoms with Crippen LogP contribution in [0.15, 0.2) is 18.2 Å². The van der Waals surface area contributed by atoms with Gasteiger partial charge in [0.1, 0.15) is 11.6 Å². The number of ether oxygens (including phenoxy) is 1. The number of carbonyl (C=O) groups is 1. The lowest BCUT2D eigenvalue weighted by atomic mass is 10.1. The highest BCUT2D eigenvalue weighted by molar-refractivity contribution is 7.91. The van der Waals surface area contributed by atoms with E-state index in [9.17, 15) is 17.6 Å². The summed E-state index contributed by atoms with van der Waals surface area (Å²) in [4.78, 5) is 12.0. The molecular formula is C13H16FNO4S. The second kappa shape index (κ2) is 5.78. The highest BCUT2D eigenvalue weighted by Crippen LogP contribution is 2.20. The quantitative estimate of drug-likeness (QED) is 0.900. The van der Waals surface area contributed by atoms with Gasteiger partial charge in [0.25, 0.3) is 5.91 Å². The predicted octanol–water partition coefficient (Wildman–Crippen LogP) is 0.999. The molecule has 1 aliphatic rings. The minimum Gasteiger partial charge on any atom is -0.496 e. The second-order valence-electron chi connectivity index (χ2n) is 4.82. The first-order valence-corrected chi connectivity index (χ1v) is 8.05. The number of carbonyl (C=O) groups excluding carboxylic acids is 1. The molecule has 7 heteroatoms. The highest BCUT2D eigenvalue weighted by atomic mass is 32.2. The normalized spacial score (nSPS) is 20.6. The minimum absolute atomic E-state index is 0.0801. The number of rotatable bonds is 4. The van der Waals surface area contributed by atoms with Gasteiger partial charge in [0, 0.05) is 6.54 Å². The van der Waals surface area contributed by atoms with E-state index in [1.54, 1.807) is 0 Å². The molecule has 1 heterocycles. The number of halogens is 1. The predicted molar refractivity (Wildman–Crippen MR) is 72.0 cm³/mol. The Morgan fingerprint density at radius 2 is 2.25 bits per heavy atom. The van der Waals surface area contributed by atoms with Gasteiger partial charge in [-0.3, -0.25) is 4.79 Å². The Hall–Kier alpha value is -1.63. The van der Waals surface area contributed by atoms with E-state index in [1.807, 2.05) is 0 Å². The van der Waals surface area contributed by atoms with E-state index < -0.39 is 21.6 Å². The summed E-state index contributed by atoms with van der Waals surface area (Å²) in [6.07, 6.45) is 0.545. The molecule has 110 valence electrons. The number of nitrogens with one attached hydrogen (secondary N) is 1. The minimum atomic E-state index is -2.96. The van der Waals surface area contributed by atoms with Gasteiger partial charge in [-0.15, -0.1) is 0 Å². The molecule has 0 aromatic heterocycles. The Bertz CT molecular complexity index is 615. The molecule has 0 spiro atoms. The third-order valence-electron chi connectivity index (χ3n) is 3.28. The Morgan fingerprint density at radius 3 is 2.85 bits per heavy atom. The fraction of sp³-hybridized carbons (Fsp3) is 0.462. The van der Waals surface area contributed by atoms with Crippen molar-refractivity contribution in [3.63, 3.8) is 0 Å². The highest BCUT2D eigenvalue weighted by Gasteiger charge is 2.28. The van der Waals surface area contributed by atoms with Crippen LogP contribution in [0.2, 0.25) is 0 Å². The molecule has 0 bridgehead atoms. The molecule has 1 amide bonds. The molecule has 5 nitrogen and oxygen atoms in total. The fourth-order valence-electron chi connectivity index (χ4n) is 2.22. The lowest BCUT2D eigenvalue weighted by Gasteiger charge is -2.12. The largest absolute Gasteiger partial charge is 0.496 e. The Balaban J connectivity index is 2.00. The zero-order valence-electron chi connectivity index (χ0n) is 11.1. The summed E-state index contributed by atoms with van der Waals surface area (Å²) in [7, 11) is -1.57. The molecule has 1 atom stereocenters. The Morgan fingerprint density at radius 1 is 1.50 bits per heavy atom. The fourth-order valence-corrected chi connectivity index (χ4v) is 4.08. The van der Waals surface area contributed by atoms with Gasteiger partial charge >= 0.3 is 0 Å². The van der Waals surface area contributed by atoms with Gasteiger partial charge in [-0.05, 0) is 30.5 Å². The van der Waals surface area contributed by atoms with E-state index in [2.05, 4.69) is 5.32 Å². The topological polar surface area (TPSA) is 72.5 Å². The Kier molecular flexibility index (Phi) is 4.27. The molecular weight excluding hydrogens is 285 g/mol. The van der Waals surface area contributed by atoms with Crippen LogP contribution < -0.4 is 10.1 Å². The van der Waals surface area contributed by atoms with Gasteiger partial charge in [0.2, 0.25) is 0 Å². The molecule has 1 aromatic carbocycles. The zero-order valence-corrected chi connectivity index (χ0v) is 11.9. The monoisotopic (exact) mass is 301 g/mol. The molecule has 1 saturated heterocycles. The van der Waals surface area contributed by atoms with Crippen LogP contribution in [-0.4, -0.2) is 39.5 Å². The smallest absolute Gasteiger partial charge is 0.255 e. The summed E-state index contributed by atoms with van der Waals surface area (Å²) in [5, 5.41) is 2.63. The van der Waals surface area contributed by atoms with Crippen LogP contribution in [0.4, 0.5) is 4.39 Å². The van der Waals surface area contributed by atoms with Crippen LogP contribution in [0.5, 0.6) is 5.75 Å². The summed E-state index contributed by atoms with van der Waals surface area (Å²) in [6, 6.07) is 3.68. The molecule has 0 saturated carbocycles. The van der Waals surface area contributed by atoms with E-state index in [0.29, 0.717) is 6.42 Å². The first-order valence-electron chi connectivity index (χ1n) is 6.23. The van der Waals surface area contributed by atoms with Crippen LogP contribution >= 0.6 is 0 Å². The van der Waals surface area contributed by atoms with Crippen molar-refractivity contribution in [3.05, 3.63) is 29.6 Å². The van der Waals surface area contributed by atoms with Crippen molar-refractivity contribution in [2.75, 3.05) is 25.2 Å². The second-order valence-corrected chi connectivity index (χ2v) is 7.05. The maximum atomic E-state index is 13.2. The van der Waals surface area contributed by atoms with Crippen LogP contribution in [0.25, 0.3) is 0 Å². The molecule has 0 radical (unpaired) electrons. The van der Waals surface area contributed by atoms with Gasteiger partial charge < -0.3 is 10.1 Å². The average Bonchev–Trinajstić information content (AvgIpc) is 2.75. The summed E-state index contributed by atoms with van der Waals surface area (Å²) in [5.41, 5.74) is 0.105. The number of hydrogen-bond donors (Lipinski definition) is 1. The summed E-state index contributed by atoms with van der Waals surface area (Å²) >= 11 is 0. The van der Waals surface area contributed by atoms with Gasteiger partial charge in [0.05, 0.1) is 24.2 Å². The SMILES string of the molecule is COc1ccc(F)cc1C(=O)NC[C@@H]1CCS(=O)(=O)C1. The van der Waals surface area contributed by atoms with Gasteiger partial charge in [-0.1, -0.05) is 0 Å². The van der Waals surface area contributed by atoms with Crippen LogP contribution in [0.1, 0.15) is 16.8 Å². The van der Waals surface area contributed by atoms with Crippen molar-refractivity contribution in [2.45, 2.75) is 6.42 Å². The third-order valence-corrected chi connectivity index (χ3v) is 5.12. The molecule has 2 rings (SSSR count). The summed E-state index contributed by atoms with van der Waals surface area (Å²) in [5.74, 6) is -0.541. The van der Waals surface area contributed by atoms with E-state index in [4.69, 9.17) is 4.74 Å².